The Morgan fingerprint density at radius 3 is 2.96 bits per heavy atom. The maximum absolute atomic E-state index is 14.3. The maximum atomic E-state index is 14.3. The molecule has 0 spiro atoms. The third-order valence-electron chi connectivity index (χ3n) is 4.81. The standard InChI is InChI=1S/C17H22FN3O2/c1-10(19)12-3-2-6-21(9-12)17(23)13-7-11-4-5-16(22)20-15(11)8-14(13)18/h7-8,10,12H,2-6,9,19H2,1H3,(H,20,22). The first kappa shape index (κ1) is 15.9. The van der Waals surface area contributed by atoms with E-state index in [2.05, 4.69) is 5.32 Å². The Morgan fingerprint density at radius 2 is 2.22 bits per heavy atom. The normalized spacial score (nSPS) is 22.3. The fourth-order valence-corrected chi connectivity index (χ4v) is 3.36. The molecule has 5 nitrogen and oxygen atoms in total. The van der Waals surface area contributed by atoms with E-state index >= 15 is 0 Å². The monoisotopic (exact) mass is 319 g/mol. The number of aryl methyl sites for hydroxylation is 1. The van der Waals surface area contributed by atoms with Gasteiger partial charge in [-0.1, -0.05) is 0 Å². The molecule has 1 saturated heterocycles. The lowest BCUT2D eigenvalue weighted by molar-refractivity contribution is -0.116. The fraction of sp³-hybridized carbons (Fsp3) is 0.529. The summed E-state index contributed by atoms with van der Waals surface area (Å²) in [6.07, 6.45) is 2.79. The van der Waals surface area contributed by atoms with Crippen LogP contribution in [0.4, 0.5) is 10.1 Å². The van der Waals surface area contributed by atoms with Crippen molar-refractivity contribution in [2.24, 2.45) is 11.7 Å². The van der Waals surface area contributed by atoms with E-state index in [1.54, 1.807) is 11.0 Å². The highest BCUT2D eigenvalue weighted by atomic mass is 19.1. The van der Waals surface area contributed by atoms with Crippen molar-refractivity contribution in [2.45, 2.75) is 38.6 Å². The lowest BCUT2D eigenvalue weighted by Crippen LogP contribution is -2.45. The number of benzene rings is 1. The summed E-state index contributed by atoms with van der Waals surface area (Å²) < 4.78 is 14.3. The summed E-state index contributed by atoms with van der Waals surface area (Å²) in [5.41, 5.74) is 7.33. The number of nitrogens with one attached hydrogen (secondary N) is 1. The summed E-state index contributed by atoms with van der Waals surface area (Å²) in [5.74, 6) is -0.731. The maximum Gasteiger partial charge on any atom is 0.256 e. The van der Waals surface area contributed by atoms with Gasteiger partial charge < -0.3 is 16.0 Å². The van der Waals surface area contributed by atoms with Crippen molar-refractivity contribution in [3.63, 3.8) is 0 Å². The predicted molar refractivity (Wildman–Crippen MR) is 85.6 cm³/mol. The molecule has 2 heterocycles. The molecule has 2 atom stereocenters. The van der Waals surface area contributed by atoms with E-state index in [1.165, 1.54) is 6.07 Å². The summed E-state index contributed by atoms with van der Waals surface area (Å²) in [6.45, 7) is 3.15. The first-order valence-corrected chi connectivity index (χ1v) is 8.13. The van der Waals surface area contributed by atoms with Gasteiger partial charge in [0.2, 0.25) is 5.91 Å². The molecule has 2 unspecified atom stereocenters. The lowest BCUT2D eigenvalue weighted by atomic mass is 9.91. The number of likely N-dealkylation sites (tertiary alicyclic amines) is 1. The largest absolute Gasteiger partial charge is 0.338 e. The molecule has 1 aromatic rings. The third kappa shape index (κ3) is 3.22. The SMILES string of the molecule is CC(N)C1CCCN(C(=O)c2cc3c(cc2F)NC(=O)CC3)C1. The van der Waals surface area contributed by atoms with Crippen LogP contribution in [0.1, 0.15) is 42.1 Å². The molecule has 2 aliphatic rings. The van der Waals surface area contributed by atoms with E-state index in [0.717, 1.165) is 18.4 Å². The van der Waals surface area contributed by atoms with Crippen molar-refractivity contribution in [2.75, 3.05) is 18.4 Å². The second-order valence-corrected chi connectivity index (χ2v) is 6.55. The molecule has 0 radical (unpaired) electrons. The minimum absolute atomic E-state index is 0.0224. The molecule has 0 saturated carbocycles. The van der Waals surface area contributed by atoms with Crippen molar-refractivity contribution in [1.82, 2.24) is 4.90 Å². The van der Waals surface area contributed by atoms with Crippen LogP contribution in [0.25, 0.3) is 0 Å². The molecule has 2 amide bonds. The van der Waals surface area contributed by atoms with Gasteiger partial charge in [-0.25, -0.2) is 4.39 Å². The minimum atomic E-state index is -0.584. The summed E-state index contributed by atoms with van der Waals surface area (Å²) >= 11 is 0. The quantitative estimate of drug-likeness (QED) is 0.874. The van der Waals surface area contributed by atoms with Crippen molar-refractivity contribution >= 4 is 17.5 Å². The summed E-state index contributed by atoms with van der Waals surface area (Å²) in [4.78, 5) is 25.8. The topological polar surface area (TPSA) is 75.4 Å². The van der Waals surface area contributed by atoms with Crippen molar-refractivity contribution < 1.29 is 14.0 Å². The molecule has 0 aliphatic carbocycles. The number of piperidine rings is 1. The van der Waals surface area contributed by atoms with Crippen LogP contribution in [-0.4, -0.2) is 35.8 Å². The van der Waals surface area contributed by atoms with Crippen LogP contribution in [0.2, 0.25) is 0 Å². The first-order valence-electron chi connectivity index (χ1n) is 8.13. The second kappa shape index (κ2) is 6.28. The highest BCUT2D eigenvalue weighted by molar-refractivity contribution is 5.98. The van der Waals surface area contributed by atoms with Crippen LogP contribution < -0.4 is 11.1 Å². The Hall–Kier alpha value is -1.95. The highest BCUT2D eigenvalue weighted by Crippen LogP contribution is 2.28. The molecule has 0 bridgehead atoms. The number of rotatable bonds is 2. The van der Waals surface area contributed by atoms with Crippen LogP contribution in [-0.2, 0) is 11.2 Å². The minimum Gasteiger partial charge on any atom is -0.338 e. The van der Waals surface area contributed by atoms with Gasteiger partial charge in [0.25, 0.3) is 5.91 Å². The van der Waals surface area contributed by atoms with Gasteiger partial charge in [-0.15, -0.1) is 0 Å². The number of halogens is 1. The van der Waals surface area contributed by atoms with Crippen molar-refractivity contribution in [3.05, 3.63) is 29.1 Å². The molecule has 124 valence electrons. The first-order chi connectivity index (χ1) is 11.0. The number of hydrogen-bond donors (Lipinski definition) is 2. The van der Waals surface area contributed by atoms with Gasteiger partial charge in [0.1, 0.15) is 5.82 Å². The number of carbonyl (C=O) groups is 2. The number of nitrogens with two attached hydrogens (primary N) is 1. The zero-order chi connectivity index (χ0) is 16.6. The molecule has 1 fully saturated rings. The number of nitrogens with zero attached hydrogens (tertiary/aromatic N) is 1. The zero-order valence-corrected chi connectivity index (χ0v) is 13.3. The van der Waals surface area contributed by atoms with E-state index in [1.807, 2.05) is 6.92 Å². The Bertz CT molecular complexity index is 645. The van der Waals surface area contributed by atoms with Crippen LogP contribution in [0.5, 0.6) is 0 Å². The zero-order valence-electron chi connectivity index (χ0n) is 13.3. The van der Waals surface area contributed by atoms with Gasteiger partial charge in [0.05, 0.1) is 5.56 Å². The molecule has 6 heteroatoms. The Morgan fingerprint density at radius 1 is 1.43 bits per heavy atom. The second-order valence-electron chi connectivity index (χ2n) is 6.55. The van der Waals surface area contributed by atoms with Gasteiger partial charge in [-0.2, -0.15) is 0 Å². The lowest BCUT2D eigenvalue weighted by Gasteiger charge is -2.35. The molecule has 0 aromatic heterocycles. The molecule has 1 aromatic carbocycles. The van der Waals surface area contributed by atoms with Crippen LogP contribution in [0.3, 0.4) is 0 Å². The summed E-state index contributed by atoms with van der Waals surface area (Å²) in [6, 6.07) is 2.86. The fourth-order valence-electron chi connectivity index (χ4n) is 3.36. The van der Waals surface area contributed by atoms with E-state index in [-0.39, 0.29) is 29.3 Å². The Labute approximate surface area is 135 Å². The Balaban J connectivity index is 1.83. The smallest absolute Gasteiger partial charge is 0.256 e. The average molecular weight is 319 g/mol. The molecule has 3 rings (SSSR count). The van der Waals surface area contributed by atoms with Crippen LogP contribution >= 0.6 is 0 Å². The number of hydrogen-bond acceptors (Lipinski definition) is 3. The summed E-state index contributed by atoms with van der Waals surface area (Å²) in [5, 5.41) is 2.65. The number of carbonyl (C=O) groups excluding carboxylic acids is 2. The van der Waals surface area contributed by atoms with Gasteiger partial charge in [0.15, 0.2) is 0 Å². The predicted octanol–water partition coefficient (Wildman–Crippen LogP) is 1.91. The van der Waals surface area contributed by atoms with E-state index in [9.17, 15) is 14.0 Å². The number of amides is 2. The molecule has 23 heavy (non-hydrogen) atoms. The molecular weight excluding hydrogens is 297 g/mol. The van der Waals surface area contributed by atoms with Gasteiger partial charge in [0, 0.05) is 31.2 Å². The summed E-state index contributed by atoms with van der Waals surface area (Å²) in [7, 11) is 0. The van der Waals surface area contributed by atoms with Crippen LogP contribution in [0.15, 0.2) is 12.1 Å². The van der Waals surface area contributed by atoms with Gasteiger partial charge in [-0.05, 0) is 49.8 Å². The third-order valence-corrected chi connectivity index (χ3v) is 4.81. The number of fused-ring (bicyclic) bond motifs is 1. The van der Waals surface area contributed by atoms with E-state index < -0.39 is 5.82 Å². The Kier molecular flexibility index (Phi) is 4.35. The van der Waals surface area contributed by atoms with Gasteiger partial charge in [-0.3, -0.25) is 9.59 Å². The van der Waals surface area contributed by atoms with Gasteiger partial charge >= 0.3 is 0 Å². The van der Waals surface area contributed by atoms with Crippen molar-refractivity contribution in [3.8, 4) is 0 Å². The molecule has 3 N–H and O–H groups in total. The average Bonchev–Trinajstić information content (AvgIpc) is 2.53. The molecular formula is C17H22FN3O2. The highest BCUT2D eigenvalue weighted by Gasteiger charge is 2.29. The van der Waals surface area contributed by atoms with Crippen LogP contribution in [0, 0.1) is 11.7 Å². The molecule has 2 aliphatic heterocycles. The number of anilines is 1. The van der Waals surface area contributed by atoms with Crippen molar-refractivity contribution in [1.29, 1.82) is 0 Å². The van der Waals surface area contributed by atoms with E-state index in [0.29, 0.717) is 31.6 Å². The van der Waals surface area contributed by atoms with E-state index in [4.69, 9.17) is 5.73 Å².